The molecule has 150 valence electrons. The van der Waals surface area contributed by atoms with Gasteiger partial charge in [0.25, 0.3) is 5.91 Å². The van der Waals surface area contributed by atoms with Crippen molar-refractivity contribution in [3.8, 4) is 0 Å². The molecule has 4 rings (SSSR count). The summed E-state index contributed by atoms with van der Waals surface area (Å²) in [5.74, 6) is -0.0524. The molecule has 2 aliphatic heterocycles. The van der Waals surface area contributed by atoms with Crippen LogP contribution in [0, 0.1) is 0 Å². The highest BCUT2D eigenvalue weighted by atomic mass is 16.3. The van der Waals surface area contributed by atoms with Gasteiger partial charge in [-0.15, -0.1) is 5.10 Å². The molecule has 0 radical (unpaired) electrons. The van der Waals surface area contributed by atoms with Crippen molar-refractivity contribution in [2.45, 2.75) is 25.0 Å². The van der Waals surface area contributed by atoms with Crippen LogP contribution in [-0.4, -0.2) is 81.6 Å². The number of piperazine rings is 1. The smallest absolute Gasteiger partial charge is 0.276 e. The monoisotopic (exact) mass is 384 g/mol. The normalized spacial score (nSPS) is 20.2. The number of nitrogens with zero attached hydrogens (tertiary/aromatic N) is 5. The summed E-state index contributed by atoms with van der Waals surface area (Å²) in [6.07, 6.45) is 3.32. The highest BCUT2D eigenvalue weighted by molar-refractivity contribution is 5.92. The number of β-amino-alcohol motifs (C(OH)–C–C–N with tert-alkyl or cyclic N) is 1. The molecule has 2 fully saturated rings. The van der Waals surface area contributed by atoms with Crippen LogP contribution in [0.5, 0.6) is 0 Å². The number of aromatic nitrogens is 3. The van der Waals surface area contributed by atoms with Crippen LogP contribution in [0.3, 0.4) is 0 Å². The molecule has 0 bridgehead atoms. The third-order valence-corrected chi connectivity index (χ3v) is 5.69. The molecule has 1 amide bonds. The number of nitrogens with one attached hydrogen (secondary N) is 1. The quantitative estimate of drug-likeness (QED) is 0.789. The van der Waals surface area contributed by atoms with Crippen molar-refractivity contribution in [1.82, 2.24) is 30.1 Å². The first-order chi connectivity index (χ1) is 13.7. The Labute approximate surface area is 165 Å². The van der Waals surface area contributed by atoms with Gasteiger partial charge in [0, 0.05) is 32.7 Å². The molecule has 1 unspecified atom stereocenters. The van der Waals surface area contributed by atoms with Crippen LogP contribution in [0.1, 0.15) is 41.0 Å². The van der Waals surface area contributed by atoms with E-state index in [-0.39, 0.29) is 5.91 Å². The molecule has 8 nitrogen and oxygen atoms in total. The maximum atomic E-state index is 12.8. The molecule has 0 saturated carbocycles. The number of aliphatic hydroxyl groups is 1. The lowest BCUT2D eigenvalue weighted by molar-refractivity contribution is 0.0523. The van der Waals surface area contributed by atoms with Crippen LogP contribution in [0.4, 0.5) is 0 Å². The van der Waals surface area contributed by atoms with Gasteiger partial charge in [0.05, 0.1) is 18.3 Å². The fourth-order valence-corrected chi connectivity index (χ4v) is 3.95. The number of benzene rings is 1. The summed E-state index contributed by atoms with van der Waals surface area (Å²) in [4.78, 5) is 16.8. The molecule has 1 aromatic heterocycles. The van der Waals surface area contributed by atoms with Gasteiger partial charge < -0.3 is 15.3 Å². The Hall–Kier alpha value is -2.29. The number of carbonyl (C=O) groups excluding carboxylic acids is 1. The Morgan fingerprint density at radius 1 is 1.14 bits per heavy atom. The fraction of sp³-hybridized carbons (Fsp3) is 0.550. The van der Waals surface area contributed by atoms with Crippen molar-refractivity contribution in [3.05, 3.63) is 47.8 Å². The summed E-state index contributed by atoms with van der Waals surface area (Å²) < 4.78 is 1.85. The number of piperidine rings is 1. The fourth-order valence-electron chi connectivity index (χ4n) is 3.95. The maximum Gasteiger partial charge on any atom is 0.276 e. The summed E-state index contributed by atoms with van der Waals surface area (Å²) in [5.41, 5.74) is 1.35. The lowest BCUT2D eigenvalue weighted by Crippen LogP contribution is -2.49. The predicted molar refractivity (Wildman–Crippen MR) is 105 cm³/mol. The first kappa shape index (κ1) is 19.0. The largest absolute Gasteiger partial charge is 0.387 e. The third-order valence-electron chi connectivity index (χ3n) is 5.69. The lowest BCUT2D eigenvalue weighted by atomic mass is 10.1. The van der Waals surface area contributed by atoms with Crippen molar-refractivity contribution in [3.63, 3.8) is 0 Å². The highest BCUT2D eigenvalue weighted by Gasteiger charge is 2.26. The standard InChI is InChI=1S/C20H28N6O2/c27-19(16-4-2-1-3-5-16)15-24-10-12-25(13-11-24)20(28)18-14-26(23-22-18)17-6-8-21-9-7-17/h1-5,14,17,19,21,27H,6-13,15H2. The lowest BCUT2D eigenvalue weighted by Gasteiger charge is -2.35. The second-order valence-electron chi connectivity index (χ2n) is 7.58. The Bertz CT molecular complexity index is 766. The molecular formula is C20H28N6O2. The van der Waals surface area contributed by atoms with E-state index in [1.54, 1.807) is 6.20 Å². The molecule has 2 N–H and O–H groups in total. The van der Waals surface area contributed by atoms with Gasteiger partial charge in [0.2, 0.25) is 0 Å². The highest BCUT2D eigenvalue weighted by Crippen LogP contribution is 2.18. The Balaban J connectivity index is 1.29. The number of rotatable bonds is 5. The van der Waals surface area contributed by atoms with Crippen molar-refractivity contribution >= 4 is 5.91 Å². The summed E-state index contributed by atoms with van der Waals surface area (Å²) in [6, 6.07) is 10.0. The van der Waals surface area contributed by atoms with Gasteiger partial charge >= 0.3 is 0 Å². The second-order valence-corrected chi connectivity index (χ2v) is 7.58. The molecule has 2 aliphatic rings. The Morgan fingerprint density at radius 2 is 1.86 bits per heavy atom. The molecule has 28 heavy (non-hydrogen) atoms. The van der Waals surface area contributed by atoms with Gasteiger partial charge in [0.15, 0.2) is 5.69 Å². The number of carbonyl (C=O) groups is 1. The van der Waals surface area contributed by atoms with Crippen LogP contribution in [0.15, 0.2) is 36.5 Å². The van der Waals surface area contributed by atoms with Crippen molar-refractivity contribution < 1.29 is 9.90 Å². The zero-order chi connectivity index (χ0) is 19.3. The minimum Gasteiger partial charge on any atom is -0.387 e. The van der Waals surface area contributed by atoms with Gasteiger partial charge in [-0.1, -0.05) is 35.5 Å². The zero-order valence-corrected chi connectivity index (χ0v) is 16.1. The molecular weight excluding hydrogens is 356 g/mol. The zero-order valence-electron chi connectivity index (χ0n) is 16.1. The summed E-state index contributed by atoms with van der Waals surface area (Å²) >= 11 is 0. The maximum absolute atomic E-state index is 12.8. The summed E-state index contributed by atoms with van der Waals surface area (Å²) in [7, 11) is 0. The average molecular weight is 384 g/mol. The van der Waals surface area contributed by atoms with E-state index >= 15 is 0 Å². The van der Waals surface area contributed by atoms with E-state index in [1.165, 1.54) is 0 Å². The van der Waals surface area contributed by atoms with Crippen LogP contribution in [0.2, 0.25) is 0 Å². The third kappa shape index (κ3) is 4.40. The van der Waals surface area contributed by atoms with Crippen molar-refractivity contribution in [2.24, 2.45) is 0 Å². The van der Waals surface area contributed by atoms with Crippen LogP contribution in [-0.2, 0) is 0 Å². The van der Waals surface area contributed by atoms with Gasteiger partial charge in [-0.3, -0.25) is 9.69 Å². The minimum atomic E-state index is -0.506. The molecule has 3 heterocycles. The van der Waals surface area contributed by atoms with E-state index in [1.807, 2.05) is 39.9 Å². The van der Waals surface area contributed by atoms with Crippen molar-refractivity contribution in [2.75, 3.05) is 45.8 Å². The molecule has 0 spiro atoms. The molecule has 0 aliphatic carbocycles. The first-order valence-electron chi connectivity index (χ1n) is 10.1. The molecule has 8 heteroatoms. The van der Waals surface area contributed by atoms with E-state index < -0.39 is 6.10 Å². The van der Waals surface area contributed by atoms with Gasteiger partial charge in [0.1, 0.15) is 0 Å². The summed E-state index contributed by atoms with van der Waals surface area (Å²) in [6.45, 7) is 5.31. The number of hydrogen-bond acceptors (Lipinski definition) is 6. The number of amides is 1. The minimum absolute atomic E-state index is 0.0524. The second kappa shape index (κ2) is 8.81. The number of hydrogen-bond donors (Lipinski definition) is 2. The van der Waals surface area contributed by atoms with Gasteiger partial charge in [-0.2, -0.15) is 0 Å². The molecule has 1 aromatic carbocycles. The molecule has 2 saturated heterocycles. The SMILES string of the molecule is O=C(c1cn(C2CCNCC2)nn1)N1CCN(CC(O)c2ccccc2)CC1. The van der Waals surface area contributed by atoms with Crippen molar-refractivity contribution in [1.29, 1.82) is 0 Å². The van der Waals surface area contributed by atoms with E-state index in [2.05, 4.69) is 20.5 Å². The van der Waals surface area contributed by atoms with Crippen LogP contribution < -0.4 is 5.32 Å². The Morgan fingerprint density at radius 3 is 2.57 bits per heavy atom. The first-order valence-corrected chi connectivity index (χ1v) is 10.1. The van der Waals surface area contributed by atoms with Gasteiger partial charge in [-0.05, 0) is 31.5 Å². The predicted octanol–water partition coefficient (Wildman–Crippen LogP) is 0.694. The molecule has 2 aromatic rings. The van der Waals surface area contributed by atoms with E-state index in [4.69, 9.17) is 0 Å². The number of aliphatic hydroxyl groups excluding tert-OH is 1. The molecule has 1 atom stereocenters. The van der Waals surface area contributed by atoms with E-state index in [0.717, 1.165) is 44.6 Å². The van der Waals surface area contributed by atoms with E-state index in [0.29, 0.717) is 31.4 Å². The Kier molecular flexibility index (Phi) is 5.99. The topological polar surface area (TPSA) is 86.5 Å². The van der Waals surface area contributed by atoms with E-state index in [9.17, 15) is 9.90 Å². The van der Waals surface area contributed by atoms with Crippen LogP contribution >= 0.6 is 0 Å². The average Bonchev–Trinajstić information content (AvgIpc) is 3.25. The van der Waals surface area contributed by atoms with Crippen LogP contribution in [0.25, 0.3) is 0 Å². The summed E-state index contributed by atoms with van der Waals surface area (Å²) in [5, 5.41) is 22.1. The van der Waals surface area contributed by atoms with Gasteiger partial charge in [-0.25, -0.2) is 4.68 Å².